The zero-order valence-corrected chi connectivity index (χ0v) is 31.7. The molecule has 0 amide bonds. The Kier molecular flexibility index (Phi) is 10.4. The molecule has 7 rings (SSSR count). The summed E-state index contributed by atoms with van der Waals surface area (Å²) in [6.45, 7) is 0. The summed E-state index contributed by atoms with van der Waals surface area (Å²) in [6.07, 6.45) is 0. The van der Waals surface area contributed by atoms with Gasteiger partial charge in [0.1, 0.15) is 26.3 Å². The predicted molar refractivity (Wildman–Crippen MR) is 186 cm³/mol. The predicted octanol–water partition coefficient (Wildman–Crippen LogP) is 4.95. The first-order valence-corrected chi connectivity index (χ1v) is 21.6. The molecule has 0 saturated carbocycles. The summed E-state index contributed by atoms with van der Waals surface area (Å²) in [5, 5.41) is 24.3. The van der Waals surface area contributed by atoms with Gasteiger partial charge in [-0.3, -0.25) is 18.2 Å². The molecule has 0 aliphatic carbocycles. The van der Waals surface area contributed by atoms with Crippen LogP contribution in [0.5, 0.6) is 0 Å². The lowest BCUT2D eigenvalue weighted by molar-refractivity contribution is -0.432. The number of rotatable bonds is 13. The first kappa shape index (κ1) is 40.6. The van der Waals surface area contributed by atoms with Gasteiger partial charge in [-0.1, -0.05) is 10.1 Å². The maximum absolute atomic E-state index is 12.3. The number of hydrogen-bond donors (Lipinski definition) is 6. The van der Waals surface area contributed by atoms with E-state index in [0.717, 1.165) is 24.3 Å². The lowest BCUT2D eigenvalue weighted by atomic mass is 10.1. The molecule has 4 aromatic carbocycles. The van der Waals surface area contributed by atoms with Gasteiger partial charge >= 0.3 is 0 Å². The van der Waals surface area contributed by atoms with Crippen molar-refractivity contribution in [2.24, 2.45) is 0 Å². The molecule has 0 unspecified atom stereocenters. The Morgan fingerprint density at radius 3 is 1.33 bits per heavy atom. The molecule has 24 nitrogen and oxygen atoms in total. The minimum atomic E-state index is -5.22. The average Bonchev–Trinajstić information content (AvgIpc) is 3.87. The molecule has 3 heterocycles. The van der Waals surface area contributed by atoms with Crippen molar-refractivity contribution in [3.63, 3.8) is 0 Å². The Labute approximate surface area is 324 Å². The average molecular weight is 910 g/mol. The summed E-state index contributed by atoms with van der Waals surface area (Å²) in [4.78, 5) is 8.83. The van der Waals surface area contributed by atoms with E-state index in [-0.39, 0.29) is 61.0 Å². The molecule has 0 aliphatic rings. The van der Waals surface area contributed by atoms with Crippen molar-refractivity contribution in [2.75, 3.05) is 0 Å². The molecular formula is C27H15N3O21S6. The fourth-order valence-corrected chi connectivity index (χ4v) is 8.73. The topological polar surface area (TPSA) is 373 Å². The molecular weight excluding hydrogens is 895 g/mol. The molecule has 300 valence electrons. The van der Waals surface area contributed by atoms with Crippen LogP contribution < -0.4 is 0 Å². The fourth-order valence-electron chi connectivity index (χ4n) is 5.20. The van der Waals surface area contributed by atoms with Gasteiger partial charge in [0.15, 0.2) is 16.7 Å². The van der Waals surface area contributed by atoms with E-state index in [4.69, 9.17) is 23.8 Å². The normalized spacial score (nSPS) is 13.0. The Balaban J connectivity index is 1.50. The highest BCUT2D eigenvalue weighted by molar-refractivity contribution is 7.95. The standard InChI is InChI=1S/C27H15N3O21S6/c31-48-50-52-13-4-16-23(20(5-13)56(39,40)41)46-26(28-16)11-1-10(25-29-17-6-14(54(33,34)35)8-19(22(17)45-25)53-51-49-32)2-12(3-11)27-30-18-7-15(55(36,37)38)9-21(24(18)47-27)57(42,43)44/h1-9,31-32H,(H,33,34,35)(H,36,37,38)(H,39,40,41)(H,42,43,44). The molecule has 0 saturated heterocycles. The van der Waals surface area contributed by atoms with Crippen LogP contribution in [0.4, 0.5) is 0 Å². The van der Waals surface area contributed by atoms with Crippen molar-refractivity contribution in [1.29, 1.82) is 0 Å². The highest BCUT2D eigenvalue weighted by Crippen LogP contribution is 2.40. The third kappa shape index (κ3) is 8.23. The summed E-state index contributed by atoms with van der Waals surface area (Å²) < 4.78 is 162. The van der Waals surface area contributed by atoms with Crippen LogP contribution >= 0.6 is 24.1 Å². The second kappa shape index (κ2) is 14.6. The van der Waals surface area contributed by atoms with E-state index in [1.54, 1.807) is 0 Å². The maximum Gasteiger partial charge on any atom is 0.298 e. The first-order valence-electron chi connectivity index (χ1n) is 14.3. The van der Waals surface area contributed by atoms with Crippen LogP contribution in [-0.2, 0) is 59.2 Å². The van der Waals surface area contributed by atoms with Crippen LogP contribution in [0.25, 0.3) is 67.7 Å². The number of hydrogen-bond acceptors (Lipinski definition) is 22. The Bertz CT molecular complexity index is 3230. The summed E-state index contributed by atoms with van der Waals surface area (Å²) >= 11 is 0.563. The lowest BCUT2D eigenvalue weighted by Gasteiger charge is -2.04. The van der Waals surface area contributed by atoms with Gasteiger partial charge in [0.05, 0.1) is 38.8 Å². The van der Waals surface area contributed by atoms with Gasteiger partial charge in [-0.15, -0.1) is 8.67 Å². The summed E-state index contributed by atoms with van der Waals surface area (Å²) in [5.41, 5.74) is -2.56. The third-order valence-electron chi connectivity index (χ3n) is 7.43. The summed E-state index contributed by atoms with van der Waals surface area (Å²) in [5.74, 6) is -1.22. The Morgan fingerprint density at radius 2 is 0.877 bits per heavy atom. The molecule has 0 atom stereocenters. The molecule has 0 bridgehead atoms. The number of benzene rings is 4. The molecule has 3 aromatic heterocycles. The first-order chi connectivity index (χ1) is 26.6. The van der Waals surface area contributed by atoms with Crippen molar-refractivity contribution in [1.82, 2.24) is 15.0 Å². The number of oxazole rings is 3. The SMILES string of the molecule is O=S(=O)(O)c1cc(SOOO)c2oc(-c3cc(-c4nc5cc(SOOO)cc(S(=O)(=O)O)c5o4)cc(-c4nc5cc(S(=O)(=O)O)cc(S(=O)(=O)O)c5o4)c3)nc2c1. The van der Waals surface area contributed by atoms with Crippen LogP contribution in [0.2, 0.25) is 0 Å². The molecule has 0 radical (unpaired) electrons. The molecule has 0 aliphatic heterocycles. The fraction of sp³-hybridized carbons (Fsp3) is 0. The van der Waals surface area contributed by atoms with E-state index in [1.165, 1.54) is 24.3 Å². The highest BCUT2D eigenvalue weighted by Gasteiger charge is 2.28. The van der Waals surface area contributed by atoms with Crippen LogP contribution in [0.1, 0.15) is 0 Å². The van der Waals surface area contributed by atoms with Crippen LogP contribution in [0, 0.1) is 0 Å². The quantitative estimate of drug-likeness (QED) is 0.0385. The van der Waals surface area contributed by atoms with Gasteiger partial charge in [0.25, 0.3) is 40.5 Å². The van der Waals surface area contributed by atoms with Crippen molar-refractivity contribution >= 4 is 97.9 Å². The second-order valence-corrected chi connectivity index (χ2v) is 18.2. The molecule has 30 heteroatoms. The molecule has 7 aromatic rings. The van der Waals surface area contributed by atoms with Crippen LogP contribution in [0.3, 0.4) is 0 Å². The van der Waals surface area contributed by atoms with Crippen molar-refractivity contribution in [3.05, 3.63) is 54.6 Å². The van der Waals surface area contributed by atoms with E-state index >= 15 is 0 Å². The highest BCUT2D eigenvalue weighted by atomic mass is 32.2. The van der Waals surface area contributed by atoms with Crippen LogP contribution in [0.15, 0.2) is 97.2 Å². The van der Waals surface area contributed by atoms with E-state index in [9.17, 15) is 51.9 Å². The van der Waals surface area contributed by atoms with Crippen molar-refractivity contribution in [3.8, 4) is 34.4 Å². The third-order valence-corrected chi connectivity index (χ3v) is 12.0. The van der Waals surface area contributed by atoms with Crippen LogP contribution in [-0.4, -0.2) is 77.3 Å². The summed E-state index contributed by atoms with van der Waals surface area (Å²) in [7, 11) is -20.2. The van der Waals surface area contributed by atoms with Crippen molar-refractivity contribution in [2.45, 2.75) is 29.4 Å². The van der Waals surface area contributed by atoms with Gasteiger partial charge in [0, 0.05) is 21.6 Å². The summed E-state index contributed by atoms with van der Waals surface area (Å²) in [6, 6.07) is 8.80. The number of aromatic nitrogens is 3. The van der Waals surface area contributed by atoms with E-state index in [1.807, 2.05) is 0 Å². The largest absolute Gasteiger partial charge is 0.435 e. The Hall–Kier alpha value is -4.61. The van der Waals surface area contributed by atoms with Gasteiger partial charge in [-0.25, -0.2) is 25.5 Å². The molecule has 6 N–H and O–H groups in total. The minimum Gasteiger partial charge on any atom is -0.435 e. The Morgan fingerprint density at radius 1 is 0.474 bits per heavy atom. The van der Waals surface area contributed by atoms with Gasteiger partial charge < -0.3 is 13.3 Å². The smallest absolute Gasteiger partial charge is 0.298 e. The lowest BCUT2D eigenvalue weighted by Crippen LogP contribution is -2.03. The zero-order chi connectivity index (χ0) is 41.2. The molecule has 57 heavy (non-hydrogen) atoms. The molecule has 0 fully saturated rings. The van der Waals surface area contributed by atoms with Gasteiger partial charge in [-0.2, -0.15) is 33.7 Å². The second-order valence-electron chi connectivity index (χ2n) is 11.0. The molecule has 0 spiro atoms. The van der Waals surface area contributed by atoms with E-state index < -0.39 is 88.5 Å². The number of nitrogens with zero attached hydrogens (tertiary/aromatic N) is 3. The van der Waals surface area contributed by atoms with Gasteiger partial charge in [0.2, 0.25) is 17.7 Å². The monoisotopic (exact) mass is 909 g/mol. The minimum absolute atomic E-state index is 0.0659. The zero-order valence-electron chi connectivity index (χ0n) is 26.8. The van der Waals surface area contributed by atoms with E-state index in [0.29, 0.717) is 18.1 Å². The van der Waals surface area contributed by atoms with Crippen molar-refractivity contribution < 1.29 is 94.4 Å². The maximum atomic E-state index is 12.3. The number of fused-ring (bicyclic) bond motifs is 3. The van der Waals surface area contributed by atoms with Gasteiger partial charge in [-0.05, 0) is 54.6 Å². The van der Waals surface area contributed by atoms with E-state index in [2.05, 4.69) is 33.7 Å².